The van der Waals surface area contributed by atoms with E-state index >= 15 is 0 Å². The van der Waals surface area contributed by atoms with Crippen molar-refractivity contribution in [3.63, 3.8) is 0 Å². The second-order valence-corrected chi connectivity index (χ2v) is 5.49. The van der Waals surface area contributed by atoms with Crippen LogP contribution in [0.15, 0.2) is 6.07 Å². The number of rotatable bonds is 3. The van der Waals surface area contributed by atoms with Crippen molar-refractivity contribution in [1.82, 2.24) is 14.9 Å². The number of nitrogens with one attached hydrogen (secondary N) is 2. The molecule has 1 aliphatic heterocycles. The third kappa shape index (κ3) is 3.96. The van der Waals surface area contributed by atoms with Crippen LogP contribution in [0.2, 0.25) is 0 Å². The molecular weight excluding hydrogens is 283 g/mol. The first kappa shape index (κ1) is 15.8. The Morgan fingerprint density at radius 1 is 1.33 bits per heavy atom. The van der Waals surface area contributed by atoms with Crippen LogP contribution in [0.5, 0.6) is 0 Å². The quantitative estimate of drug-likeness (QED) is 0.897. The van der Waals surface area contributed by atoms with E-state index in [1.165, 1.54) is 7.05 Å². The number of anilines is 2. The molecule has 1 aromatic heterocycles. The van der Waals surface area contributed by atoms with Crippen LogP contribution < -0.4 is 10.6 Å². The van der Waals surface area contributed by atoms with Crippen LogP contribution in [0.3, 0.4) is 0 Å². The number of halogens is 3. The molecule has 21 heavy (non-hydrogen) atoms. The normalized spacial score (nSPS) is 23.9. The minimum Gasteiger partial charge on any atom is -0.367 e. The fourth-order valence-electron chi connectivity index (χ4n) is 2.54. The molecule has 5 nitrogen and oxygen atoms in total. The summed E-state index contributed by atoms with van der Waals surface area (Å²) in [4.78, 5) is 9.73. The van der Waals surface area contributed by atoms with Gasteiger partial charge in [0.15, 0.2) is 5.69 Å². The molecule has 8 heteroatoms. The molecule has 2 rings (SSSR count). The summed E-state index contributed by atoms with van der Waals surface area (Å²) in [5, 5.41) is 5.69. The molecule has 2 unspecified atom stereocenters. The van der Waals surface area contributed by atoms with E-state index in [0.29, 0.717) is 5.92 Å². The van der Waals surface area contributed by atoms with E-state index in [9.17, 15) is 13.2 Å². The van der Waals surface area contributed by atoms with Crippen molar-refractivity contribution in [3.05, 3.63) is 11.8 Å². The Morgan fingerprint density at radius 2 is 2.05 bits per heavy atom. The SMILES string of the molecule is CNc1nc(NC2CCN(C)CC2C)cc(C(F)(F)F)n1. The molecule has 2 atom stereocenters. The molecule has 1 saturated heterocycles. The summed E-state index contributed by atoms with van der Waals surface area (Å²) >= 11 is 0. The number of piperidine rings is 1. The van der Waals surface area contributed by atoms with Gasteiger partial charge < -0.3 is 15.5 Å². The average Bonchev–Trinajstić information content (AvgIpc) is 2.40. The molecule has 0 bridgehead atoms. The predicted octanol–water partition coefficient (Wildman–Crippen LogP) is 2.29. The third-order valence-electron chi connectivity index (χ3n) is 3.68. The van der Waals surface area contributed by atoms with E-state index in [0.717, 1.165) is 25.6 Å². The predicted molar refractivity (Wildman–Crippen MR) is 75.3 cm³/mol. The number of nitrogens with zero attached hydrogens (tertiary/aromatic N) is 3. The summed E-state index contributed by atoms with van der Waals surface area (Å²) in [6, 6.07) is 1.08. The molecular formula is C13H20F3N5. The number of alkyl halides is 3. The maximum Gasteiger partial charge on any atom is 0.433 e. The molecule has 2 heterocycles. The Balaban J connectivity index is 2.19. The smallest absolute Gasteiger partial charge is 0.367 e. The molecule has 0 spiro atoms. The molecule has 2 N–H and O–H groups in total. The van der Waals surface area contributed by atoms with E-state index < -0.39 is 11.9 Å². The Hall–Kier alpha value is -1.57. The first-order valence-electron chi connectivity index (χ1n) is 6.88. The lowest BCUT2D eigenvalue weighted by atomic mass is 9.94. The van der Waals surface area contributed by atoms with Gasteiger partial charge in [0.1, 0.15) is 5.82 Å². The van der Waals surface area contributed by atoms with Crippen LogP contribution in [-0.4, -0.2) is 48.1 Å². The van der Waals surface area contributed by atoms with Crippen molar-refractivity contribution < 1.29 is 13.2 Å². The van der Waals surface area contributed by atoms with Crippen molar-refractivity contribution in [2.75, 3.05) is 37.8 Å². The van der Waals surface area contributed by atoms with Gasteiger partial charge in [0, 0.05) is 25.7 Å². The zero-order chi connectivity index (χ0) is 15.6. The van der Waals surface area contributed by atoms with Gasteiger partial charge in [-0.1, -0.05) is 6.92 Å². The summed E-state index contributed by atoms with van der Waals surface area (Å²) in [5.74, 6) is 0.516. The Kier molecular flexibility index (Phi) is 4.55. The van der Waals surface area contributed by atoms with Gasteiger partial charge in [-0.25, -0.2) is 4.98 Å². The highest BCUT2D eigenvalue weighted by atomic mass is 19.4. The minimum atomic E-state index is -4.48. The molecule has 1 aliphatic rings. The van der Waals surface area contributed by atoms with Crippen LogP contribution in [0.25, 0.3) is 0 Å². The van der Waals surface area contributed by atoms with Crippen LogP contribution in [0.4, 0.5) is 24.9 Å². The van der Waals surface area contributed by atoms with Gasteiger partial charge in [0.25, 0.3) is 0 Å². The maximum atomic E-state index is 12.8. The van der Waals surface area contributed by atoms with Crippen molar-refractivity contribution >= 4 is 11.8 Å². The summed E-state index contributed by atoms with van der Waals surface area (Å²) < 4.78 is 38.5. The topological polar surface area (TPSA) is 53.1 Å². The molecule has 0 amide bonds. The monoisotopic (exact) mass is 303 g/mol. The number of likely N-dealkylation sites (tertiary alicyclic amines) is 1. The lowest BCUT2D eigenvalue weighted by molar-refractivity contribution is -0.141. The van der Waals surface area contributed by atoms with E-state index in [4.69, 9.17) is 0 Å². The lowest BCUT2D eigenvalue weighted by Crippen LogP contribution is -2.43. The van der Waals surface area contributed by atoms with Gasteiger partial charge >= 0.3 is 6.18 Å². The molecule has 0 saturated carbocycles. The van der Waals surface area contributed by atoms with Gasteiger partial charge in [0.2, 0.25) is 5.95 Å². The van der Waals surface area contributed by atoms with Gasteiger partial charge in [-0.15, -0.1) is 0 Å². The number of hydrogen-bond acceptors (Lipinski definition) is 5. The van der Waals surface area contributed by atoms with Crippen molar-refractivity contribution in [3.8, 4) is 0 Å². The van der Waals surface area contributed by atoms with E-state index in [-0.39, 0.29) is 17.8 Å². The van der Waals surface area contributed by atoms with E-state index in [1.54, 1.807) is 0 Å². The van der Waals surface area contributed by atoms with Gasteiger partial charge in [-0.3, -0.25) is 0 Å². The Bertz CT molecular complexity index is 491. The summed E-state index contributed by atoms with van der Waals surface area (Å²) in [7, 11) is 3.54. The summed E-state index contributed by atoms with van der Waals surface area (Å²) in [6.07, 6.45) is -3.61. The molecule has 118 valence electrons. The first-order valence-corrected chi connectivity index (χ1v) is 6.88. The minimum absolute atomic E-state index is 0.0343. The Morgan fingerprint density at radius 3 is 2.62 bits per heavy atom. The lowest BCUT2D eigenvalue weighted by Gasteiger charge is -2.35. The fourth-order valence-corrected chi connectivity index (χ4v) is 2.54. The van der Waals surface area contributed by atoms with E-state index in [2.05, 4.69) is 32.4 Å². The van der Waals surface area contributed by atoms with Crippen LogP contribution in [0.1, 0.15) is 19.0 Å². The summed E-state index contributed by atoms with van der Waals surface area (Å²) in [5.41, 5.74) is -0.940. The molecule has 1 aromatic rings. The maximum absolute atomic E-state index is 12.8. The first-order chi connectivity index (χ1) is 9.79. The zero-order valence-electron chi connectivity index (χ0n) is 12.3. The number of aromatic nitrogens is 2. The third-order valence-corrected chi connectivity index (χ3v) is 3.68. The standard InChI is InChI=1S/C13H20F3N5/c1-8-7-21(3)5-4-9(8)18-11-6-10(13(14,15)16)19-12(17-2)20-11/h6,8-9H,4-5,7H2,1-3H3,(H2,17,18,19,20). The van der Waals surface area contributed by atoms with Crippen LogP contribution >= 0.6 is 0 Å². The highest BCUT2D eigenvalue weighted by Crippen LogP contribution is 2.30. The molecule has 0 aromatic carbocycles. The van der Waals surface area contributed by atoms with Crippen LogP contribution in [-0.2, 0) is 6.18 Å². The largest absolute Gasteiger partial charge is 0.433 e. The van der Waals surface area contributed by atoms with Crippen LogP contribution in [0, 0.1) is 5.92 Å². The zero-order valence-corrected chi connectivity index (χ0v) is 12.3. The average molecular weight is 303 g/mol. The van der Waals surface area contributed by atoms with Crippen molar-refractivity contribution in [2.24, 2.45) is 5.92 Å². The highest BCUT2D eigenvalue weighted by molar-refractivity contribution is 5.43. The van der Waals surface area contributed by atoms with Gasteiger partial charge in [-0.2, -0.15) is 18.2 Å². The second-order valence-electron chi connectivity index (χ2n) is 5.49. The molecule has 0 radical (unpaired) electrons. The van der Waals surface area contributed by atoms with Crippen molar-refractivity contribution in [1.29, 1.82) is 0 Å². The van der Waals surface area contributed by atoms with E-state index in [1.807, 2.05) is 7.05 Å². The molecule has 0 aliphatic carbocycles. The van der Waals surface area contributed by atoms with Crippen molar-refractivity contribution in [2.45, 2.75) is 25.6 Å². The second kappa shape index (κ2) is 6.05. The highest BCUT2D eigenvalue weighted by Gasteiger charge is 2.34. The van der Waals surface area contributed by atoms with Gasteiger partial charge in [-0.05, 0) is 25.9 Å². The fraction of sp³-hybridized carbons (Fsp3) is 0.692. The summed E-state index contributed by atoms with van der Waals surface area (Å²) in [6.45, 7) is 3.91. The van der Waals surface area contributed by atoms with Gasteiger partial charge in [0.05, 0.1) is 0 Å². The Labute approximate surface area is 122 Å². The molecule has 1 fully saturated rings. The number of hydrogen-bond donors (Lipinski definition) is 2.